The van der Waals surface area contributed by atoms with Crippen molar-refractivity contribution < 1.29 is 9.90 Å². The van der Waals surface area contributed by atoms with Gasteiger partial charge in [-0.05, 0) is 23.5 Å². The molecule has 1 aromatic carbocycles. The second-order valence-electron chi connectivity index (χ2n) is 8.03. The Morgan fingerprint density at radius 3 is 2.61 bits per heavy atom. The molecule has 1 amide bonds. The van der Waals surface area contributed by atoms with Gasteiger partial charge in [0.15, 0.2) is 5.96 Å². The van der Waals surface area contributed by atoms with E-state index in [1.54, 1.807) is 19.0 Å². The minimum Gasteiger partial charge on any atom is -0.392 e. The Balaban J connectivity index is 2.04. The van der Waals surface area contributed by atoms with Gasteiger partial charge in [-0.2, -0.15) is 0 Å². The van der Waals surface area contributed by atoms with Gasteiger partial charge in [0, 0.05) is 40.3 Å². The summed E-state index contributed by atoms with van der Waals surface area (Å²) < 4.78 is 0. The van der Waals surface area contributed by atoms with Crippen LogP contribution in [0.4, 0.5) is 0 Å². The maximum absolute atomic E-state index is 11.9. The zero-order valence-corrected chi connectivity index (χ0v) is 17.6. The van der Waals surface area contributed by atoms with Gasteiger partial charge in [-0.1, -0.05) is 38.1 Å². The number of rotatable bonds is 8. The SMILES string of the molecule is CC(C)CNC(=NCc1ccccc1CN1CCC(O)C1)NCC(=O)N(C)C. The topological polar surface area (TPSA) is 80.2 Å². The summed E-state index contributed by atoms with van der Waals surface area (Å²) in [6, 6.07) is 8.29. The lowest BCUT2D eigenvalue weighted by atomic mass is 10.1. The quantitative estimate of drug-likeness (QED) is 0.457. The van der Waals surface area contributed by atoms with Crippen molar-refractivity contribution in [1.82, 2.24) is 20.4 Å². The van der Waals surface area contributed by atoms with E-state index in [1.807, 2.05) is 12.1 Å². The van der Waals surface area contributed by atoms with Gasteiger partial charge in [-0.15, -0.1) is 0 Å². The molecule has 7 nitrogen and oxygen atoms in total. The van der Waals surface area contributed by atoms with Crippen molar-refractivity contribution in [2.24, 2.45) is 10.9 Å². The second-order valence-corrected chi connectivity index (χ2v) is 8.03. The van der Waals surface area contributed by atoms with Gasteiger partial charge in [0.1, 0.15) is 0 Å². The number of aliphatic hydroxyl groups excluding tert-OH is 1. The van der Waals surface area contributed by atoms with E-state index in [4.69, 9.17) is 4.99 Å². The second kappa shape index (κ2) is 11.0. The summed E-state index contributed by atoms with van der Waals surface area (Å²) in [5.41, 5.74) is 2.39. The minimum absolute atomic E-state index is 0.00652. The Morgan fingerprint density at radius 2 is 2.00 bits per heavy atom. The number of benzene rings is 1. The Morgan fingerprint density at radius 1 is 1.29 bits per heavy atom. The highest BCUT2D eigenvalue weighted by Gasteiger charge is 2.20. The van der Waals surface area contributed by atoms with Crippen LogP contribution in [0.3, 0.4) is 0 Å². The maximum atomic E-state index is 11.9. The van der Waals surface area contributed by atoms with Crippen LogP contribution in [0, 0.1) is 5.92 Å². The maximum Gasteiger partial charge on any atom is 0.241 e. The monoisotopic (exact) mass is 389 g/mol. The first-order chi connectivity index (χ1) is 13.3. The number of hydrogen-bond acceptors (Lipinski definition) is 4. The van der Waals surface area contributed by atoms with Crippen molar-refractivity contribution in [3.05, 3.63) is 35.4 Å². The number of aliphatic hydroxyl groups is 1. The van der Waals surface area contributed by atoms with Gasteiger partial charge in [0.05, 0.1) is 19.2 Å². The van der Waals surface area contributed by atoms with E-state index in [1.165, 1.54) is 5.56 Å². The number of β-amino-alcohol motifs (C(OH)–C–C–N with tert-alkyl or cyclic N) is 1. The largest absolute Gasteiger partial charge is 0.392 e. The third-order valence-electron chi connectivity index (χ3n) is 4.75. The molecule has 1 fully saturated rings. The normalized spacial score (nSPS) is 17.8. The van der Waals surface area contributed by atoms with Crippen molar-refractivity contribution >= 4 is 11.9 Å². The predicted octanol–water partition coefficient (Wildman–Crippen LogP) is 1.03. The number of guanidine groups is 1. The van der Waals surface area contributed by atoms with E-state index >= 15 is 0 Å². The number of likely N-dealkylation sites (tertiary alicyclic amines) is 1. The van der Waals surface area contributed by atoms with E-state index in [0.717, 1.165) is 38.2 Å². The van der Waals surface area contributed by atoms with E-state index in [2.05, 4.69) is 41.5 Å². The zero-order valence-electron chi connectivity index (χ0n) is 17.6. The summed E-state index contributed by atoms with van der Waals surface area (Å²) >= 11 is 0. The smallest absolute Gasteiger partial charge is 0.241 e. The van der Waals surface area contributed by atoms with Crippen LogP contribution in [0.2, 0.25) is 0 Å². The summed E-state index contributed by atoms with van der Waals surface area (Å²) in [7, 11) is 3.49. The molecular formula is C21H35N5O2. The molecule has 1 saturated heterocycles. The van der Waals surface area contributed by atoms with Crippen molar-refractivity contribution in [2.45, 2.75) is 39.5 Å². The molecule has 0 bridgehead atoms. The molecule has 0 aliphatic carbocycles. The minimum atomic E-state index is -0.213. The van der Waals surface area contributed by atoms with E-state index < -0.39 is 0 Å². The van der Waals surface area contributed by atoms with Crippen LogP contribution in [0.25, 0.3) is 0 Å². The molecule has 1 heterocycles. The highest BCUT2D eigenvalue weighted by molar-refractivity contribution is 5.86. The number of carbonyl (C=O) groups excluding carboxylic acids is 1. The van der Waals surface area contributed by atoms with Gasteiger partial charge >= 0.3 is 0 Å². The lowest BCUT2D eigenvalue weighted by Gasteiger charge is -2.18. The highest BCUT2D eigenvalue weighted by atomic mass is 16.3. The van der Waals surface area contributed by atoms with Crippen LogP contribution in [0.5, 0.6) is 0 Å². The molecule has 2 rings (SSSR count). The molecule has 0 aromatic heterocycles. The van der Waals surface area contributed by atoms with E-state index in [-0.39, 0.29) is 18.6 Å². The first-order valence-corrected chi connectivity index (χ1v) is 10.0. The molecule has 0 spiro atoms. The number of likely N-dealkylation sites (N-methyl/N-ethyl adjacent to an activating group) is 1. The lowest BCUT2D eigenvalue weighted by molar-refractivity contribution is -0.127. The van der Waals surface area contributed by atoms with Gasteiger partial charge in [0.25, 0.3) is 0 Å². The zero-order chi connectivity index (χ0) is 20.5. The molecule has 1 aliphatic heterocycles. The fraction of sp³-hybridized carbons (Fsp3) is 0.619. The Bertz CT molecular complexity index is 660. The molecule has 1 aliphatic rings. The van der Waals surface area contributed by atoms with Crippen LogP contribution in [-0.2, 0) is 17.9 Å². The average molecular weight is 390 g/mol. The molecule has 7 heteroatoms. The number of aliphatic imine (C=N–C) groups is 1. The first-order valence-electron chi connectivity index (χ1n) is 10.0. The molecule has 0 saturated carbocycles. The van der Waals surface area contributed by atoms with Gasteiger partial charge < -0.3 is 20.6 Å². The number of amides is 1. The third-order valence-corrected chi connectivity index (χ3v) is 4.75. The molecule has 156 valence electrons. The first kappa shape index (κ1) is 22.2. The summed E-state index contributed by atoms with van der Waals surface area (Å²) in [5.74, 6) is 1.13. The van der Waals surface area contributed by atoms with Crippen LogP contribution >= 0.6 is 0 Å². The summed E-state index contributed by atoms with van der Waals surface area (Å²) in [5, 5.41) is 16.2. The summed E-state index contributed by atoms with van der Waals surface area (Å²) in [6.45, 7) is 8.28. The van der Waals surface area contributed by atoms with Crippen molar-refractivity contribution in [2.75, 3.05) is 40.3 Å². The van der Waals surface area contributed by atoms with Crippen LogP contribution in [0.1, 0.15) is 31.4 Å². The Hall–Kier alpha value is -2.12. The summed E-state index contributed by atoms with van der Waals surface area (Å²) in [4.78, 5) is 20.4. The lowest BCUT2D eigenvalue weighted by Crippen LogP contribution is -2.44. The van der Waals surface area contributed by atoms with E-state index in [0.29, 0.717) is 18.4 Å². The molecule has 3 N–H and O–H groups in total. The average Bonchev–Trinajstić information content (AvgIpc) is 3.06. The van der Waals surface area contributed by atoms with Crippen molar-refractivity contribution in [3.8, 4) is 0 Å². The Labute approximate surface area is 168 Å². The molecule has 28 heavy (non-hydrogen) atoms. The number of hydrogen-bond donors (Lipinski definition) is 3. The molecule has 0 radical (unpaired) electrons. The molecule has 1 atom stereocenters. The van der Waals surface area contributed by atoms with Crippen LogP contribution < -0.4 is 10.6 Å². The number of carbonyl (C=O) groups is 1. The number of nitrogens with one attached hydrogen (secondary N) is 2. The van der Waals surface area contributed by atoms with Gasteiger partial charge in [-0.25, -0.2) is 4.99 Å². The van der Waals surface area contributed by atoms with Gasteiger partial charge in [-0.3, -0.25) is 9.69 Å². The predicted molar refractivity (Wildman–Crippen MR) is 113 cm³/mol. The number of nitrogens with zero attached hydrogens (tertiary/aromatic N) is 3. The Kier molecular flexibility index (Phi) is 8.73. The molecule has 1 unspecified atom stereocenters. The summed E-state index contributed by atoms with van der Waals surface area (Å²) in [6.07, 6.45) is 0.628. The van der Waals surface area contributed by atoms with E-state index in [9.17, 15) is 9.90 Å². The van der Waals surface area contributed by atoms with Crippen LogP contribution in [0.15, 0.2) is 29.3 Å². The third kappa shape index (κ3) is 7.48. The van der Waals surface area contributed by atoms with Crippen molar-refractivity contribution in [3.63, 3.8) is 0 Å². The van der Waals surface area contributed by atoms with Crippen molar-refractivity contribution in [1.29, 1.82) is 0 Å². The fourth-order valence-electron chi connectivity index (χ4n) is 3.02. The van der Waals surface area contributed by atoms with Crippen LogP contribution in [-0.4, -0.2) is 73.2 Å². The fourth-order valence-corrected chi connectivity index (χ4v) is 3.02. The highest BCUT2D eigenvalue weighted by Crippen LogP contribution is 2.17. The van der Waals surface area contributed by atoms with Gasteiger partial charge in [0.2, 0.25) is 5.91 Å². The molecular weight excluding hydrogens is 354 g/mol. The molecule has 1 aromatic rings. The standard InChI is InChI=1S/C21H35N5O2/c1-16(2)11-22-21(24-13-20(28)25(3)4)23-12-17-7-5-6-8-18(17)14-26-10-9-19(27)15-26/h5-8,16,19,27H,9-15H2,1-4H3,(H2,22,23,24).